The molecule has 18 heavy (non-hydrogen) atoms. The smallest absolute Gasteiger partial charge is 0.0863 e. The second-order valence-corrected chi connectivity index (χ2v) is 4.98. The Bertz CT molecular complexity index is 341. The van der Waals surface area contributed by atoms with Gasteiger partial charge in [-0.15, -0.1) is 0 Å². The standard InChI is InChI=1S/C13H17BN2.C2H6/c14-10-15-6-11-8-16(9-12(11)7-15)13-4-2-1-3-5-13;1-2/h1-5,11-12H,6-10H2;1-2H3/t11-,12+;. The molecule has 3 rings (SSSR count). The highest BCUT2D eigenvalue weighted by molar-refractivity contribution is 6.08. The third-order valence-corrected chi connectivity index (χ3v) is 3.94. The summed E-state index contributed by atoms with van der Waals surface area (Å²) in [4.78, 5) is 4.89. The molecule has 0 unspecified atom stereocenters. The number of benzene rings is 1. The molecular weight excluding hydrogens is 219 g/mol. The van der Waals surface area contributed by atoms with Crippen LogP contribution in [0.2, 0.25) is 0 Å². The molecule has 0 bridgehead atoms. The average molecular weight is 242 g/mol. The topological polar surface area (TPSA) is 6.48 Å². The second-order valence-electron chi connectivity index (χ2n) is 4.98. The van der Waals surface area contributed by atoms with Crippen LogP contribution in [0, 0.1) is 11.8 Å². The Morgan fingerprint density at radius 3 is 2.06 bits per heavy atom. The van der Waals surface area contributed by atoms with Crippen LogP contribution in [-0.4, -0.2) is 45.4 Å². The number of rotatable bonds is 2. The Morgan fingerprint density at radius 2 is 1.56 bits per heavy atom. The first-order valence-corrected chi connectivity index (χ1v) is 7.09. The minimum absolute atomic E-state index is 0.721. The van der Waals surface area contributed by atoms with Gasteiger partial charge in [-0.05, 0) is 30.4 Å². The van der Waals surface area contributed by atoms with Crippen molar-refractivity contribution in [2.75, 3.05) is 37.5 Å². The van der Waals surface area contributed by atoms with Crippen molar-refractivity contribution in [1.29, 1.82) is 0 Å². The van der Waals surface area contributed by atoms with Crippen molar-refractivity contribution in [3.8, 4) is 0 Å². The molecule has 2 fully saturated rings. The van der Waals surface area contributed by atoms with Crippen molar-refractivity contribution in [2.24, 2.45) is 11.8 Å². The monoisotopic (exact) mass is 242 g/mol. The lowest BCUT2D eigenvalue weighted by atomic mass is 10.0. The van der Waals surface area contributed by atoms with Crippen molar-refractivity contribution in [3.63, 3.8) is 0 Å². The molecule has 2 aliphatic rings. The summed E-state index contributed by atoms with van der Waals surface area (Å²) in [5.41, 5.74) is 1.37. The quantitative estimate of drug-likeness (QED) is 0.733. The predicted molar refractivity (Wildman–Crippen MR) is 79.2 cm³/mol. The molecule has 0 aliphatic carbocycles. The lowest BCUT2D eigenvalue weighted by Gasteiger charge is -2.22. The molecule has 0 spiro atoms. The van der Waals surface area contributed by atoms with Gasteiger partial charge in [-0.3, -0.25) is 0 Å². The molecule has 1 aromatic rings. The lowest BCUT2D eigenvalue weighted by molar-refractivity contribution is 0.368. The third-order valence-electron chi connectivity index (χ3n) is 3.94. The number of likely N-dealkylation sites (tertiary alicyclic amines) is 1. The van der Waals surface area contributed by atoms with E-state index >= 15 is 0 Å². The van der Waals surface area contributed by atoms with E-state index in [1.54, 1.807) is 0 Å². The van der Waals surface area contributed by atoms with Gasteiger partial charge in [0.25, 0.3) is 0 Å². The highest BCUT2D eigenvalue weighted by Crippen LogP contribution is 2.33. The molecule has 0 N–H and O–H groups in total. The van der Waals surface area contributed by atoms with Crippen molar-refractivity contribution in [3.05, 3.63) is 30.3 Å². The first-order chi connectivity index (χ1) is 8.86. The fourth-order valence-corrected chi connectivity index (χ4v) is 3.09. The van der Waals surface area contributed by atoms with E-state index in [9.17, 15) is 0 Å². The van der Waals surface area contributed by atoms with Gasteiger partial charge < -0.3 is 9.80 Å². The number of anilines is 1. The second kappa shape index (κ2) is 6.28. The van der Waals surface area contributed by atoms with Crippen LogP contribution in [-0.2, 0) is 0 Å². The Labute approximate surface area is 112 Å². The summed E-state index contributed by atoms with van der Waals surface area (Å²) in [6.45, 7) is 8.77. The maximum Gasteiger partial charge on any atom is 0.0863 e. The van der Waals surface area contributed by atoms with Crippen LogP contribution < -0.4 is 4.90 Å². The maximum absolute atomic E-state index is 5.70. The molecule has 2 atom stereocenters. The van der Waals surface area contributed by atoms with E-state index in [4.69, 9.17) is 7.85 Å². The Balaban J connectivity index is 0.000000574. The summed E-state index contributed by atoms with van der Waals surface area (Å²) in [5, 5.41) is 0. The molecule has 0 saturated carbocycles. The van der Waals surface area contributed by atoms with Crippen LogP contribution in [0.4, 0.5) is 5.69 Å². The van der Waals surface area contributed by atoms with Gasteiger partial charge in [-0.2, -0.15) is 0 Å². The van der Waals surface area contributed by atoms with E-state index in [1.807, 2.05) is 13.8 Å². The van der Waals surface area contributed by atoms with Gasteiger partial charge in [0.2, 0.25) is 0 Å². The van der Waals surface area contributed by atoms with Gasteiger partial charge in [0, 0.05) is 31.9 Å². The van der Waals surface area contributed by atoms with Crippen LogP contribution >= 0.6 is 0 Å². The molecule has 0 amide bonds. The molecule has 0 aromatic heterocycles. The van der Waals surface area contributed by atoms with Crippen molar-refractivity contribution < 1.29 is 0 Å². The van der Waals surface area contributed by atoms with Gasteiger partial charge in [-0.25, -0.2) is 0 Å². The summed E-state index contributed by atoms with van der Waals surface area (Å²) in [6.07, 6.45) is 0.721. The van der Waals surface area contributed by atoms with Crippen LogP contribution in [0.25, 0.3) is 0 Å². The first-order valence-electron chi connectivity index (χ1n) is 7.09. The molecule has 96 valence electrons. The molecule has 3 heteroatoms. The zero-order valence-electron chi connectivity index (χ0n) is 11.5. The molecule has 2 heterocycles. The minimum Gasteiger partial charge on any atom is -0.371 e. The van der Waals surface area contributed by atoms with Crippen molar-refractivity contribution >= 4 is 13.5 Å². The van der Waals surface area contributed by atoms with Crippen LogP contribution in [0.5, 0.6) is 0 Å². The van der Waals surface area contributed by atoms with Gasteiger partial charge in [0.05, 0.1) is 7.85 Å². The zero-order valence-corrected chi connectivity index (χ0v) is 11.5. The molecule has 1 aromatic carbocycles. The predicted octanol–water partition coefficient (Wildman–Crippen LogP) is 2.21. The summed E-state index contributed by atoms with van der Waals surface area (Å²) < 4.78 is 0. The molecule has 2 aliphatic heterocycles. The first kappa shape index (κ1) is 13.5. The van der Waals surface area contributed by atoms with Gasteiger partial charge in [0.1, 0.15) is 0 Å². The van der Waals surface area contributed by atoms with Gasteiger partial charge >= 0.3 is 0 Å². The zero-order chi connectivity index (χ0) is 13.0. The maximum atomic E-state index is 5.70. The Hall–Kier alpha value is -0.955. The van der Waals surface area contributed by atoms with Gasteiger partial charge in [-0.1, -0.05) is 32.0 Å². The van der Waals surface area contributed by atoms with Crippen molar-refractivity contribution in [1.82, 2.24) is 4.90 Å². The summed E-state index contributed by atoms with van der Waals surface area (Å²) in [7, 11) is 5.70. The Morgan fingerprint density at radius 1 is 1.00 bits per heavy atom. The highest BCUT2D eigenvalue weighted by Gasteiger charge is 2.39. The van der Waals surface area contributed by atoms with E-state index < -0.39 is 0 Å². The molecule has 2 saturated heterocycles. The van der Waals surface area contributed by atoms with E-state index in [2.05, 4.69) is 40.1 Å². The summed E-state index contributed by atoms with van der Waals surface area (Å²) in [6, 6.07) is 10.7. The normalized spacial score (nSPS) is 26.7. The van der Waals surface area contributed by atoms with E-state index in [-0.39, 0.29) is 0 Å². The summed E-state index contributed by atoms with van der Waals surface area (Å²) >= 11 is 0. The average Bonchev–Trinajstić information content (AvgIpc) is 3.00. The minimum atomic E-state index is 0.721. The van der Waals surface area contributed by atoms with E-state index in [1.165, 1.54) is 31.9 Å². The molecular formula is C15H23BN2. The Kier molecular flexibility index (Phi) is 4.70. The van der Waals surface area contributed by atoms with E-state index in [0.717, 1.165) is 18.3 Å². The summed E-state index contributed by atoms with van der Waals surface area (Å²) in [5.74, 6) is 1.65. The number of nitrogens with zero attached hydrogens (tertiary/aromatic N) is 2. The number of hydrogen-bond donors (Lipinski definition) is 0. The van der Waals surface area contributed by atoms with Crippen molar-refractivity contribution in [2.45, 2.75) is 13.8 Å². The van der Waals surface area contributed by atoms with Crippen LogP contribution in [0.1, 0.15) is 13.8 Å². The lowest BCUT2D eigenvalue weighted by Crippen LogP contribution is -2.29. The SMILES string of the molecule is CC.[B]CN1C[C@@H]2CN(c3ccccc3)C[C@@H]2C1. The van der Waals surface area contributed by atoms with Crippen LogP contribution in [0.15, 0.2) is 30.3 Å². The largest absolute Gasteiger partial charge is 0.371 e. The number of fused-ring (bicyclic) bond motifs is 1. The fraction of sp³-hybridized carbons (Fsp3) is 0.600. The number of hydrogen-bond acceptors (Lipinski definition) is 2. The van der Waals surface area contributed by atoms with Crippen LogP contribution in [0.3, 0.4) is 0 Å². The third kappa shape index (κ3) is 2.72. The highest BCUT2D eigenvalue weighted by atomic mass is 15.2. The molecule has 2 nitrogen and oxygen atoms in total. The number of para-hydroxylation sites is 1. The fourth-order valence-electron chi connectivity index (χ4n) is 3.09. The van der Waals surface area contributed by atoms with E-state index in [0.29, 0.717) is 0 Å². The molecule has 2 radical (unpaired) electrons. The van der Waals surface area contributed by atoms with Gasteiger partial charge in [0.15, 0.2) is 0 Å².